The van der Waals surface area contributed by atoms with Crippen molar-refractivity contribution in [1.82, 2.24) is 0 Å². The van der Waals surface area contributed by atoms with E-state index in [1.54, 1.807) is 7.05 Å². The first kappa shape index (κ1) is 14.9. The fraction of sp³-hybridized carbons (Fsp3) is 0.385. The molecule has 0 bridgehead atoms. The van der Waals surface area contributed by atoms with Gasteiger partial charge in [-0.1, -0.05) is 0 Å². The zero-order valence-corrected chi connectivity index (χ0v) is 11.5. The highest BCUT2D eigenvalue weighted by Crippen LogP contribution is 2.39. The van der Waals surface area contributed by atoms with Crippen LogP contribution in [0.5, 0.6) is 0 Å². The number of aldehydes is 1. The molecule has 0 saturated carbocycles. The van der Waals surface area contributed by atoms with Crippen LogP contribution in [0.3, 0.4) is 0 Å². The molecular formula is C13H16N4O4. The van der Waals surface area contributed by atoms with Gasteiger partial charge in [0.25, 0.3) is 11.6 Å². The van der Waals surface area contributed by atoms with Crippen LogP contribution in [-0.4, -0.2) is 30.2 Å². The summed E-state index contributed by atoms with van der Waals surface area (Å²) in [5.41, 5.74) is 8.03. The summed E-state index contributed by atoms with van der Waals surface area (Å²) < 4.78 is 0. The highest BCUT2D eigenvalue weighted by molar-refractivity contribution is 6.30. The number of nitrogens with two attached hydrogens (primary N) is 1. The van der Waals surface area contributed by atoms with E-state index in [2.05, 4.69) is 10.6 Å². The Labute approximate surface area is 120 Å². The Balaban J connectivity index is 2.62. The van der Waals surface area contributed by atoms with E-state index < -0.39 is 10.8 Å². The van der Waals surface area contributed by atoms with Gasteiger partial charge in [-0.3, -0.25) is 19.7 Å². The van der Waals surface area contributed by atoms with Gasteiger partial charge in [-0.05, 0) is 24.8 Å². The number of benzene rings is 1. The van der Waals surface area contributed by atoms with E-state index in [-0.39, 0.29) is 23.7 Å². The van der Waals surface area contributed by atoms with Gasteiger partial charge in [0, 0.05) is 24.7 Å². The van der Waals surface area contributed by atoms with Gasteiger partial charge in [-0.2, -0.15) is 0 Å². The second kappa shape index (κ2) is 5.88. The number of rotatable bonds is 4. The van der Waals surface area contributed by atoms with Crippen LogP contribution in [-0.2, 0) is 22.4 Å². The first-order valence-electron chi connectivity index (χ1n) is 6.50. The number of nitro groups is 1. The second-order valence-corrected chi connectivity index (χ2v) is 4.89. The summed E-state index contributed by atoms with van der Waals surface area (Å²) in [4.78, 5) is 32.5. The van der Waals surface area contributed by atoms with Crippen LogP contribution in [0.1, 0.15) is 17.5 Å². The van der Waals surface area contributed by atoms with Gasteiger partial charge in [0.2, 0.25) is 6.29 Å². The topological polar surface area (TPSA) is 127 Å². The monoisotopic (exact) mass is 292 g/mol. The van der Waals surface area contributed by atoms with Gasteiger partial charge in [-0.15, -0.1) is 0 Å². The van der Waals surface area contributed by atoms with Crippen molar-refractivity contribution in [3.63, 3.8) is 0 Å². The van der Waals surface area contributed by atoms with Crippen LogP contribution in [0.4, 0.5) is 17.1 Å². The number of nitro benzene ring substituents is 1. The highest BCUT2D eigenvalue weighted by Gasteiger charge is 2.28. The molecule has 1 aliphatic rings. The lowest BCUT2D eigenvalue weighted by Crippen LogP contribution is -2.29. The van der Waals surface area contributed by atoms with Crippen molar-refractivity contribution in [2.24, 2.45) is 5.73 Å². The molecule has 1 atom stereocenters. The van der Waals surface area contributed by atoms with E-state index in [0.29, 0.717) is 30.5 Å². The third kappa shape index (κ3) is 2.84. The number of amides is 1. The van der Waals surface area contributed by atoms with Crippen molar-refractivity contribution in [2.45, 2.75) is 25.3 Å². The minimum atomic E-state index is -0.860. The molecule has 21 heavy (non-hydrogen) atoms. The largest absolute Gasteiger partial charge is 0.386 e. The molecular weight excluding hydrogens is 276 g/mol. The predicted octanol–water partition coefficient (Wildman–Crippen LogP) is 0.590. The summed E-state index contributed by atoms with van der Waals surface area (Å²) in [6.07, 6.45) is 1.80. The molecule has 2 rings (SSSR count). The Bertz CT molecular complexity index is 615. The normalized spacial score (nSPS) is 16.8. The average molecular weight is 292 g/mol. The minimum Gasteiger partial charge on any atom is -0.386 e. The van der Waals surface area contributed by atoms with E-state index in [1.807, 2.05) is 0 Å². The molecule has 0 aliphatic heterocycles. The van der Waals surface area contributed by atoms with Crippen molar-refractivity contribution < 1.29 is 14.5 Å². The van der Waals surface area contributed by atoms with E-state index in [9.17, 15) is 19.7 Å². The highest BCUT2D eigenvalue weighted by atomic mass is 16.6. The zero-order chi connectivity index (χ0) is 15.6. The maximum Gasteiger partial charge on any atom is 0.288 e. The predicted molar refractivity (Wildman–Crippen MR) is 77.3 cm³/mol. The Morgan fingerprint density at radius 1 is 1.52 bits per heavy atom. The number of fused-ring (bicyclic) bond motifs is 1. The maximum absolute atomic E-state index is 11.3. The van der Waals surface area contributed by atoms with Crippen LogP contribution < -0.4 is 16.4 Å². The van der Waals surface area contributed by atoms with Crippen molar-refractivity contribution in [2.75, 3.05) is 17.7 Å². The first-order chi connectivity index (χ1) is 9.97. The van der Waals surface area contributed by atoms with Gasteiger partial charge in [0.05, 0.1) is 16.3 Å². The summed E-state index contributed by atoms with van der Waals surface area (Å²) in [5.74, 6) is -0.860. The number of hydrogen-bond acceptors (Lipinski definition) is 6. The molecule has 112 valence electrons. The summed E-state index contributed by atoms with van der Waals surface area (Å²) in [6.45, 7) is 0. The van der Waals surface area contributed by atoms with Gasteiger partial charge in [-0.25, -0.2) is 0 Å². The van der Waals surface area contributed by atoms with E-state index >= 15 is 0 Å². The van der Waals surface area contributed by atoms with Crippen molar-refractivity contribution >= 4 is 29.3 Å². The third-order valence-corrected chi connectivity index (χ3v) is 3.57. The molecule has 1 unspecified atom stereocenters. The zero-order valence-electron chi connectivity index (χ0n) is 11.5. The molecule has 0 heterocycles. The SMILES string of the molecule is CNc1c(NC(=O)C=O)cc([N+](=O)[O-])c2c1CC(N)CC2. The number of anilines is 2. The molecule has 1 aromatic carbocycles. The standard InChI is InChI=1S/C13H16N4O4/c1-15-13-9-4-7(14)2-3-8(9)11(17(20)21)5-10(13)16-12(19)6-18/h5-7,15H,2-4,14H2,1H3,(H,16,19). The van der Waals surface area contributed by atoms with Crippen molar-refractivity contribution in [1.29, 1.82) is 0 Å². The number of carbonyl (C=O) groups excluding carboxylic acids is 2. The number of nitrogens with one attached hydrogen (secondary N) is 2. The average Bonchev–Trinajstić information content (AvgIpc) is 2.45. The third-order valence-electron chi connectivity index (χ3n) is 3.57. The lowest BCUT2D eigenvalue weighted by atomic mass is 9.85. The molecule has 0 fully saturated rings. The van der Waals surface area contributed by atoms with Gasteiger partial charge in [0.1, 0.15) is 0 Å². The fourth-order valence-corrected chi connectivity index (χ4v) is 2.67. The Morgan fingerprint density at radius 3 is 2.81 bits per heavy atom. The minimum absolute atomic E-state index is 0.0582. The molecule has 0 saturated heterocycles. The molecule has 4 N–H and O–H groups in total. The number of carbonyl (C=O) groups is 2. The van der Waals surface area contributed by atoms with Gasteiger partial charge >= 0.3 is 0 Å². The van der Waals surface area contributed by atoms with Crippen LogP contribution in [0.25, 0.3) is 0 Å². The van der Waals surface area contributed by atoms with Crippen LogP contribution >= 0.6 is 0 Å². The molecule has 1 aromatic rings. The van der Waals surface area contributed by atoms with Gasteiger partial charge < -0.3 is 16.4 Å². The Hall–Kier alpha value is -2.48. The second-order valence-electron chi connectivity index (χ2n) is 4.89. The Kier molecular flexibility index (Phi) is 4.18. The van der Waals surface area contributed by atoms with E-state index in [0.717, 1.165) is 5.56 Å². The van der Waals surface area contributed by atoms with E-state index in [4.69, 9.17) is 5.73 Å². The smallest absolute Gasteiger partial charge is 0.288 e. The van der Waals surface area contributed by atoms with Crippen LogP contribution in [0.15, 0.2) is 6.07 Å². The molecule has 0 spiro atoms. The van der Waals surface area contributed by atoms with E-state index in [1.165, 1.54) is 6.07 Å². The van der Waals surface area contributed by atoms with Crippen LogP contribution in [0.2, 0.25) is 0 Å². The molecule has 1 aliphatic carbocycles. The number of nitrogens with zero attached hydrogens (tertiary/aromatic N) is 1. The Morgan fingerprint density at radius 2 is 2.24 bits per heavy atom. The lowest BCUT2D eigenvalue weighted by molar-refractivity contribution is -0.385. The first-order valence-corrected chi connectivity index (χ1v) is 6.50. The number of hydrogen-bond donors (Lipinski definition) is 3. The van der Waals surface area contributed by atoms with Gasteiger partial charge in [0.15, 0.2) is 0 Å². The molecule has 0 aromatic heterocycles. The molecule has 8 nitrogen and oxygen atoms in total. The molecule has 8 heteroatoms. The molecule has 0 radical (unpaired) electrons. The van der Waals surface area contributed by atoms with Crippen molar-refractivity contribution in [3.8, 4) is 0 Å². The summed E-state index contributed by atoms with van der Waals surface area (Å²) in [5, 5.41) is 16.5. The van der Waals surface area contributed by atoms with Crippen molar-refractivity contribution in [3.05, 3.63) is 27.3 Å². The summed E-state index contributed by atoms with van der Waals surface area (Å²) in [7, 11) is 1.65. The quantitative estimate of drug-likeness (QED) is 0.322. The molecule has 1 amide bonds. The maximum atomic E-state index is 11.3. The fourth-order valence-electron chi connectivity index (χ4n) is 2.67. The lowest BCUT2D eigenvalue weighted by Gasteiger charge is -2.25. The van der Waals surface area contributed by atoms with Crippen LogP contribution in [0, 0.1) is 10.1 Å². The summed E-state index contributed by atoms with van der Waals surface area (Å²) >= 11 is 0. The summed E-state index contributed by atoms with van der Waals surface area (Å²) in [6, 6.07) is 1.20.